The lowest BCUT2D eigenvalue weighted by Gasteiger charge is -2.25. The number of anilines is 3. The Kier molecular flexibility index (Phi) is 7.14. The van der Waals surface area contributed by atoms with Crippen LogP contribution in [-0.4, -0.2) is 13.1 Å². The first kappa shape index (κ1) is 24.9. The second kappa shape index (κ2) is 11.2. The van der Waals surface area contributed by atoms with E-state index in [1.807, 2.05) is 0 Å². The maximum Gasteiger partial charge on any atom is 0.203 e. The molecule has 39 heavy (non-hydrogen) atoms. The van der Waals surface area contributed by atoms with Crippen LogP contribution in [0.1, 0.15) is 43.6 Å². The highest BCUT2D eigenvalue weighted by Crippen LogP contribution is 2.38. The van der Waals surface area contributed by atoms with Gasteiger partial charge in [-0.05, 0) is 104 Å². The summed E-state index contributed by atoms with van der Waals surface area (Å²) in [6.07, 6.45) is 5.54. The van der Waals surface area contributed by atoms with E-state index in [0.29, 0.717) is 0 Å². The highest BCUT2D eigenvalue weighted by molar-refractivity contribution is 5.84. The molecule has 0 saturated heterocycles. The van der Waals surface area contributed by atoms with Crippen LogP contribution in [0.4, 0.5) is 17.1 Å². The minimum absolute atomic E-state index is 0.961. The predicted octanol–water partition coefficient (Wildman–Crippen LogP) is 8.54. The van der Waals surface area contributed by atoms with Gasteiger partial charge in [0.05, 0.1) is 6.07 Å². The van der Waals surface area contributed by atoms with Gasteiger partial charge in [-0.25, -0.2) is 4.58 Å². The smallest absolute Gasteiger partial charge is 0.203 e. The molecule has 0 spiro atoms. The summed E-state index contributed by atoms with van der Waals surface area (Å²) >= 11 is 0. The number of allylic oxidation sites excluding steroid dienone is 1. The van der Waals surface area contributed by atoms with E-state index in [9.17, 15) is 0 Å². The van der Waals surface area contributed by atoms with Crippen molar-refractivity contribution in [3.05, 3.63) is 131 Å². The molecule has 6 rings (SSSR count). The van der Waals surface area contributed by atoms with E-state index in [0.717, 1.165) is 60.9 Å². The van der Waals surface area contributed by atoms with Gasteiger partial charge in [0.1, 0.15) is 24.6 Å². The first-order valence-corrected chi connectivity index (χ1v) is 14.1. The fourth-order valence-electron chi connectivity index (χ4n) is 5.65. The molecule has 3 aliphatic rings. The topological polar surface area (TPSA) is 19.4 Å². The second-order valence-corrected chi connectivity index (χ2v) is 10.1. The zero-order valence-electron chi connectivity index (χ0n) is 22.8. The van der Waals surface area contributed by atoms with Gasteiger partial charge in [0.2, 0.25) is 5.36 Å². The SMILES string of the molecule is CC[N+](CC)=c1ccc2cc3c(oc-2c1)/C(=C/c1ccc(N(c2ccccc2)c2ccccc2)cc1)CCC3. The quantitative estimate of drug-likeness (QED) is 0.213. The van der Waals surface area contributed by atoms with Gasteiger partial charge >= 0.3 is 0 Å². The molecule has 0 atom stereocenters. The molecule has 0 unspecified atom stereocenters. The van der Waals surface area contributed by atoms with Crippen LogP contribution in [0.3, 0.4) is 0 Å². The number of fused-ring (bicyclic) bond motifs is 2. The fraction of sp³-hybridized carbons (Fsp3) is 0.194. The molecule has 0 saturated carbocycles. The first-order valence-electron chi connectivity index (χ1n) is 14.1. The molecule has 3 nitrogen and oxygen atoms in total. The number of rotatable bonds is 6. The van der Waals surface area contributed by atoms with E-state index in [1.165, 1.54) is 27.6 Å². The van der Waals surface area contributed by atoms with E-state index < -0.39 is 0 Å². The van der Waals surface area contributed by atoms with Gasteiger partial charge in [0, 0.05) is 28.7 Å². The van der Waals surface area contributed by atoms with Crippen LogP contribution in [-0.2, 0) is 6.42 Å². The molecule has 0 radical (unpaired) electrons. The second-order valence-electron chi connectivity index (χ2n) is 10.1. The van der Waals surface area contributed by atoms with Crippen molar-refractivity contribution < 1.29 is 4.42 Å². The molecule has 3 aromatic rings. The normalized spacial score (nSPS) is 13.8. The van der Waals surface area contributed by atoms with Crippen molar-refractivity contribution in [1.82, 2.24) is 4.58 Å². The van der Waals surface area contributed by atoms with Crippen molar-refractivity contribution in [3.8, 4) is 11.3 Å². The minimum Gasteiger partial charge on any atom is -0.456 e. The summed E-state index contributed by atoms with van der Waals surface area (Å²) in [4.78, 5) is 2.29. The maximum absolute atomic E-state index is 6.62. The van der Waals surface area contributed by atoms with E-state index in [2.05, 4.69) is 139 Å². The summed E-state index contributed by atoms with van der Waals surface area (Å²) in [5, 5.41) is 1.22. The molecular weight excluding hydrogens is 476 g/mol. The van der Waals surface area contributed by atoms with Crippen LogP contribution in [0, 0.1) is 0 Å². The summed E-state index contributed by atoms with van der Waals surface area (Å²) in [5.41, 5.74) is 8.38. The van der Waals surface area contributed by atoms with Gasteiger partial charge in [-0.1, -0.05) is 48.5 Å². The summed E-state index contributed by atoms with van der Waals surface area (Å²) in [5.74, 6) is 2.01. The Morgan fingerprint density at radius 3 is 2.00 bits per heavy atom. The van der Waals surface area contributed by atoms with Crippen LogP contribution >= 0.6 is 0 Å². The van der Waals surface area contributed by atoms with Crippen LogP contribution in [0.15, 0.2) is 114 Å². The van der Waals surface area contributed by atoms with Crippen LogP contribution in [0.2, 0.25) is 0 Å². The predicted molar refractivity (Wildman–Crippen MR) is 164 cm³/mol. The van der Waals surface area contributed by atoms with Gasteiger partial charge in [0.15, 0.2) is 0 Å². The first-order chi connectivity index (χ1) is 19.2. The third-order valence-corrected chi connectivity index (χ3v) is 7.66. The van der Waals surface area contributed by atoms with E-state index >= 15 is 0 Å². The average Bonchev–Trinajstić information content (AvgIpc) is 2.99. The lowest BCUT2D eigenvalue weighted by molar-refractivity contribution is 0.525. The Hall–Kier alpha value is -4.37. The number of benzene rings is 4. The summed E-state index contributed by atoms with van der Waals surface area (Å²) in [6.45, 7) is 6.37. The Labute approximate surface area is 231 Å². The monoisotopic (exact) mass is 511 g/mol. The third kappa shape index (κ3) is 5.18. The maximum atomic E-state index is 6.62. The van der Waals surface area contributed by atoms with Gasteiger partial charge in [-0.2, -0.15) is 0 Å². The number of nitrogens with zero attached hydrogens (tertiary/aromatic N) is 2. The summed E-state index contributed by atoms with van der Waals surface area (Å²) < 4.78 is 8.99. The molecule has 0 N–H and O–H groups in total. The number of hydrogen-bond donors (Lipinski definition) is 0. The molecule has 3 aromatic carbocycles. The molecule has 1 aliphatic heterocycles. The Morgan fingerprint density at radius 1 is 0.718 bits per heavy atom. The van der Waals surface area contributed by atoms with Crippen molar-refractivity contribution >= 4 is 28.7 Å². The molecule has 1 heterocycles. The van der Waals surface area contributed by atoms with Crippen LogP contribution in [0.25, 0.3) is 23.0 Å². The van der Waals surface area contributed by atoms with Crippen LogP contribution in [0.5, 0.6) is 0 Å². The Bertz CT molecular complexity index is 1580. The molecule has 0 fully saturated rings. The Morgan fingerprint density at radius 2 is 1.36 bits per heavy atom. The molecule has 194 valence electrons. The van der Waals surface area contributed by atoms with Gasteiger partial charge in [-0.15, -0.1) is 0 Å². The largest absolute Gasteiger partial charge is 0.456 e. The van der Waals surface area contributed by atoms with Crippen molar-refractivity contribution in [2.45, 2.75) is 33.1 Å². The molecular formula is C36H35N2O+. The molecule has 0 aromatic heterocycles. The van der Waals surface area contributed by atoms with E-state index in [-0.39, 0.29) is 0 Å². The third-order valence-electron chi connectivity index (χ3n) is 7.66. The number of aryl methyl sites for hydroxylation is 1. The highest BCUT2D eigenvalue weighted by Gasteiger charge is 2.21. The van der Waals surface area contributed by atoms with Gasteiger partial charge in [-0.3, -0.25) is 0 Å². The Balaban J connectivity index is 1.37. The highest BCUT2D eigenvalue weighted by atomic mass is 16.3. The van der Waals surface area contributed by atoms with E-state index in [4.69, 9.17) is 4.42 Å². The minimum atomic E-state index is 0.961. The molecule has 0 bridgehead atoms. The standard InChI is InChI=1S/C36H35N2O/c1-3-37(4-2)34-23-20-28-25-30-13-11-12-29(36(30)39-35(28)26-34)24-27-18-21-33(22-19-27)38(31-14-7-5-8-15-31)32-16-9-6-10-17-32/h5-10,14-26H,3-4,11-13H2,1-2H3/q+1. The zero-order chi connectivity index (χ0) is 26.6. The lowest BCUT2D eigenvalue weighted by Crippen LogP contribution is -2.29. The molecule has 0 amide bonds. The van der Waals surface area contributed by atoms with Crippen molar-refractivity contribution in [2.24, 2.45) is 0 Å². The summed E-state index contributed by atoms with van der Waals surface area (Å²) in [6, 6.07) is 38.9. The molecule has 2 aliphatic carbocycles. The van der Waals surface area contributed by atoms with Gasteiger partial charge in [0.25, 0.3) is 0 Å². The molecule has 3 heteroatoms. The van der Waals surface area contributed by atoms with Crippen LogP contribution < -0.4 is 14.8 Å². The summed E-state index contributed by atoms with van der Waals surface area (Å²) in [7, 11) is 0. The lowest BCUT2D eigenvalue weighted by atomic mass is 9.90. The van der Waals surface area contributed by atoms with E-state index in [1.54, 1.807) is 0 Å². The van der Waals surface area contributed by atoms with Crippen molar-refractivity contribution in [3.63, 3.8) is 0 Å². The number of para-hydroxylation sites is 2. The number of hydrogen-bond acceptors (Lipinski definition) is 2. The average molecular weight is 512 g/mol. The zero-order valence-corrected chi connectivity index (χ0v) is 22.8. The van der Waals surface area contributed by atoms with Crippen molar-refractivity contribution in [1.29, 1.82) is 0 Å². The fourth-order valence-corrected chi connectivity index (χ4v) is 5.65. The van der Waals surface area contributed by atoms with Gasteiger partial charge < -0.3 is 9.32 Å². The van der Waals surface area contributed by atoms with Crippen molar-refractivity contribution in [2.75, 3.05) is 18.0 Å².